The fourth-order valence-corrected chi connectivity index (χ4v) is 3.59. The topological polar surface area (TPSA) is 71.4 Å². The first-order valence-electron chi connectivity index (χ1n) is 10.6. The molecule has 0 fully saturated rings. The van der Waals surface area contributed by atoms with E-state index in [2.05, 4.69) is 6.92 Å². The van der Waals surface area contributed by atoms with Crippen LogP contribution in [0.2, 0.25) is 0 Å². The average Bonchev–Trinajstić information content (AvgIpc) is 2.57. The zero-order chi connectivity index (χ0) is 19.8. The Kier molecular flexibility index (Phi) is 14.2. The number of carbonyl (C=O) groups is 3. The Balaban J connectivity index is 3.68. The van der Waals surface area contributed by atoms with Crippen molar-refractivity contribution < 1.29 is 19.5 Å². The Morgan fingerprint density at radius 3 is 1.19 bits per heavy atom. The van der Waals surface area contributed by atoms with Crippen molar-refractivity contribution >= 4 is 17.5 Å². The lowest BCUT2D eigenvalue weighted by atomic mass is 9.76. The number of hydrogen-bond acceptors (Lipinski definition) is 3. The molecule has 0 saturated heterocycles. The molecule has 0 aliphatic carbocycles. The van der Waals surface area contributed by atoms with Crippen molar-refractivity contribution in [2.75, 3.05) is 0 Å². The summed E-state index contributed by atoms with van der Waals surface area (Å²) in [7, 11) is 0. The highest BCUT2D eigenvalue weighted by Crippen LogP contribution is 2.28. The predicted molar refractivity (Wildman–Crippen MR) is 106 cm³/mol. The third-order valence-corrected chi connectivity index (χ3v) is 5.47. The summed E-state index contributed by atoms with van der Waals surface area (Å²) >= 11 is 0. The van der Waals surface area contributed by atoms with Crippen LogP contribution < -0.4 is 0 Å². The fourth-order valence-electron chi connectivity index (χ4n) is 3.59. The molecule has 0 aromatic heterocycles. The van der Waals surface area contributed by atoms with Crippen molar-refractivity contribution in [1.29, 1.82) is 0 Å². The molecule has 0 amide bonds. The van der Waals surface area contributed by atoms with Gasteiger partial charge in [0.25, 0.3) is 0 Å². The first-order valence-corrected chi connectivity index (χ1v) is 10.6. The van der Waals surface area contributed by atoms with Crippen LogP contribution in [0, 0.1) is 5.41 Å². The summed E-state index contributed by atoms with van der Waals surface area (Å²) in [6.07, 6.45) is 17.1. The monoisotopic (exact) mass is 368 g/mol. The predicted octanol–water partition coefficient (Wildman–Crippen LogP) is 6.11. The van der Waals surface area contributed by atoms with Crippen LogP contribution in [0.15, 0.2) is 0 Å². The van der Waals surface area contributed by atoms with Crippen LogP contribution in [0.5, 0.6) is 0 Å². The number of aliphatic carboxylic acids is 1. The molecule has 0 radical (unpaired) electrons. The maximum atomic E-state index is 11.7. The minimum Gasteiger partial charge on any atom is -0.480 e. The van der Waals surface area contributed by atoms with E-state index in [1.807, 2.05) is 0 Å². The molecule has 4 heteroatoms. The molecule has 1 N–H and O–H groups in total. The Hall–Kier alpha value is -1.19. The molecule has 0 saturated carbocycles. The van der Waals surface area contributed by atoms with E-state index in [0.29, 0.717) is 6.42 Å². The summed E-state index contributed by atoms with van der Waals surface area (Å²) in [6.45, 7) is 4.66. The number of ketones is 2. The van der Waals surface area contributed by atoms with Crippen molar-refractivity contribution in [1.82, 2.24) is 0 Å². The Morgan fingerprint density at radius 1 is 0.615 bits per heavy atom. The number of hydrogen-bond donors (Lipinski definition) is 1. The van der Waals surface area contributed by atoms with E-state index in [9.17, 15) is 19.5 Å². The number of carbonyl (C=O) groups excluding carboxylic acids is 2. The number of unbranched alkanes of at least 4 members (excludes halogenated alkanes) is 13. The second-order valence-electron chi connectivity index (χ2n) is 7.67. The van der Waals surface area contributed by atoms with E-state index in [4.69, 9.17) is 0 Å². The van der Waals surface area contributed by atoms with Gasteiger partial charge in [0, 0.05) is 0 Å². The van der Waals surface area contributed by atoms with E-state index in [1.165, 1.54) is 78.1 Å². The summed E-state index contributed by atoms with van der Waals surface area (Å²) < 4.78 is 0. The standard InChI is InChI=1S/C22H40O4/c1-4-5-6-7-8-9-10-11-12-13-14-15-16-17-18-22(19(2)23,20(3)24)21(25)26/h4-18H2,1-3H3,(H,25,26). The summed E-state index contributed by atoms with van der Waals surface area (Å²) in [4.78, 5) is 34.9. The molecular weight excluding hydrogens is 328 g/mol. The van der Waals surface area contributed by atoms with Crippen LogP contribution in [0.1, 0.15) is 117 Å². The summed E-state index contributed by atoms with van der Waals surface area (Å²) in [5.41, 5.74) is -1.82. The van der Waals surface area contributed by atoms with E-state index >= 15 is 0 Å². The van der Waals surface area contributed by atoms with E-state index in [1.54, 1.807) is 0 Å². The number of rotatable bonds is 18. The van der Waals surface area contributed by atoms with Gasteiger partial charge in [-0.2, -0.15) is 0 Å². The molecule has 0 aromatic carbocycles. The van der Waals surface area contributed by atoms with E-state index < -0.39 is 23.0 Å². The fraction of sp³-hybridized carbons (Fsp3) is 0.864. The van der Waals surface area contributed by atoms with Gasteiger partial charge >= 0.3 is 5.97 Å². The van der Waals surface area contributed by atoms with Gasteiger partial charge in [-0.1, -0.05) is 96.8 Å². The van der Waals surface area contributed by atoms with Gasteiger partial charge in [-0.05, 0) is 20.3 Å². The Bertz CT molecular complexity index is 378. The van der Waals surface area contributed by atoms with Gasteiger partial charge in [-0.25, -0.2) is 0 Å². The zero-order valence-electron chi connectivity index (χ0n) is 17.3. The molecule has 0 aliphatic heterocycles. The third kappa shape index (κ3) is 9.49. The molecule has 0 unspecified atom stereocenters. The SMILES string of the molecule is CCCCCCCCCCCCCCCCC(C(C)=O)(C(C)=O)C(=O)O. The van der Waals surface area contributed by atoms with E-state index in [-0.39, 0.29) is 6.42 Å². The first kappa shape index (κ1) is 24.8. The molecule has 152 valence electrons. The molecule has 0 aliphatic rings. The summed E-state index contributed by atoms with van der Waals surface area (Å²) in [5.74, 6) is -2.40. The molecule has 0 spiro atoms. The maximum Gasteiger partial charge on any atom is 0.324 e. The maximum absolute atomic E-state index is 11.7. The molecule has 0 heterocycles. The second-order valence-corrected chi connectivity index (χ2v) is 7.67. The van der Waals surface area contributed by atoms with Crippen LogP contribution in [0.4, 0.5) is 0 Å². The largest absolute Gasteiger partial charge is 0.480 e. The number of carboxylic acid groups (broad SMARTS) is 1. The minimum absolute atomic E-state index is 0.130. The van der Waals surface area contributed by atoms with Gasteiger partial charge in [-0.15, -0.1) is 0 Å². The Labute approximate surface area is 160 Å². The van der Waals surface area contributed by atoms with Crippen LogP contribution in [0.25, 0.3) is 0 Å². The van der Waals surface area contributed by atoms with Crippen molar-refractivity contribution in [3.63, 3.8) is 0 Å². The minimum atomic E-state index is -1.82. The summed E-state index contributed by atoms with van der Waals surface area (Å²) in [6, 6.07) is 0. The lowest BCUT2D eigenvalue weighted by Gasteiger charge is -2.23. The van der Waals surface area contributed by atoms with Crippen LogP contribution in [0.3, 0.4) is 0 Å². The van der Waals surface area contributed by atoms with Crippen molar-refractivity contribution in [2.24, 2.45) is 5.41 Å². The Morgan fingerprint density at radius 2 is 0.923 bits per heavy atom. The van der Waals surface area contributed by atoms with Crippen LogP contribution in [-0.4, -0.2) is 22.6 Å². The molecule has 0 atom stereocenters. The van der Waals surface area contributed by atoms with Crippen molar-refractivity contribution in [2.45, 2.75) is 117 Å². The van der Waals surface area contributed by atoms with Crippen molar-refractivity contribution in [3.8, 4) is 0 Å². The highest BCUT2D eigenvalue weighted by molar-refractivity contribution is 6.20. The van der Waals surface area contributed by atoms with Gasteiger partial charge in [0.1, 0.15) is 0 Å². The van der Waals surface area contributed by atoms with Crippen LogP contribution >= 0.6 is 0 Å². The third-order valence-electron chi connectivity index (χ3n) is 5.47. The molecule has 26 heavy (non-hydrogen) atoms. The number of Topliss-reactive ketones (excluding diaryl/α,β-unsaturated/α-hetero) is 2. The highest BCUT2D eigenvalue weighted by Gasteiger charge is 2.47. The lowest BCUT2D eigenvalue weighted by molar-refractivity contribution is -0.159. The van der Waals surface area contributed by atoms with Gasteiger partial charge < -0.3 is 5.11 Å². The highest BCUT2D eigenvalue weighted by atomic mass is 16.4. The van der Waals surface area contributed by atoms with Crippen LogP contribution in [-0.2, 0) is 14.4 Å². The van der Waals surface area contributed by atoms with Crippen molar-refractivity contribution in [3.05, 3.63) is 0 Å². The first-order chi connectivity index (χ1) is 12.4. The molecule has 0 aromatic rings. The molecule has 4 nitrogen and oxygen atoms in total. The second kappa shape index (κ2) is 14.9. The molecule has 0 rings (SSSR count). The average molecular weight is 369 g/mol. The lowest BCUT2D eigenvalue weighted by Crippen LogP contribution is -2.44. The van der Waals surface area contributed by atoms with Gasteiger partial charge in [0.15, 0.2) is 17.0 Å². The molecular formula is C22H40O4. The normalized spacial score (nSPS) is 11.5. The van der Waals surface area contributed by atoms with E-state index in [0.717, 1.165) is 19.3 Å². The molecule has 0 bridgehead atoms. The van der Waals surface area contributed by atoms with Gasteiger partial charge in [-0.3, -0.25) is 14.4 Å². The number of carboxylic acids is 1. The smallest absolute Gasteiger partial charge is 0.324 e. The van der Waals surface area contributed by atoms with Gasteiger partial charge in [0.2, 0.25) is 0 Å². The zero-order valence-corrected chi connectivity index (χ0v) is 17.3. The summed E-state index contributed by atoms with van der Waals surface area (Å²) in [5, 5.41) is 9.33. The quantitative estimate of drug-likeness (QED) is 0.234. The van der Waals surface area contributed by atoms with Gasteiger partial charge in [0.05, 0.1) is 0 Å².